The van der Waals surface area contributed by atoms with Crippen LogP contribution in [-0.4, -0.2) is 12.5 Å². The summed E-state index contributed by atoms with van der Waals surface area (Å²) in [5.74, 6) is -0.203. The number of benzene rings is 1. The van der Waals surface area contributed by atoms with Gasteiger partial charge in [0.15, 0.2) is 12.8 Å². The number of ether oxygens (including phenoxy) is 1. The molecule has 0 unspecified atom stereocenters. The van der Waals surface area contributed by atoms with Crippen LogP contribution in [0.5, 0.6) is 5.88 Å². The first kappa shape index (κ1) is 13.9. The molecule has 0 atom stereocenters. The molecule has 0 bridgehead atoms. The van der Waals surface area contributed by atoms with Crippen molar-refractivity contribution in [2.45, 2.75) is 13.8 Å². The number of rotatable bonds is 4. The molecule has 1 aromatic carbocycles. The van der Waals surface area contributed by atoms with E-state index >= 15 is 0 Å². The smallest absolute Gasteiger partial charge is 0.379 e. The van der Waals surface area contributed by atoms with Crippen molar-refractivity contribution in [2.24, 2.45) is 0 Å². The maximum absolute atomic E-state index is 11.8. The van der Waals surface area contributed by atoms with Crippen LogP contribution in [0.15, 0.2) is 42.6 Å². The zero-order valence-electron chi connectivity index (χ0n) is 11.4. The Balaban J connectivity index is 1.96. The Kier molecular flexibility index (Phi) is 4.20. The average molecular weight is 272 g/mol. The van der Waals surface area contributed by atoms with E-state index in [1.54, 1.807) is 12.1 Å². The van der Waals surface area contributed by atoms with E-state index in [2.05, 4.69) is 5.32 Å². The minimum Gasteiger partial charge on any atom is -0.616 e. The molecule has 1 N–H and O–H groups in total. The number of carbonyl (C=O) groups is 1. The van der Waals surface area contributed by atoms with Gasteiger partial charge in [-0.1, -0.05) is 12.1 Å². The van der Waals surface area contributed by atoms with Crippen LogP contribution in [0.2, 0.25) is 0 Å². The van der Waals surface area contributed by atoms with Crippen LogP contribution in [0.4, 0.5) is 5.69 Å². The molecule has 0 saturated heterocycles. The molecular formula is C15H16N2O3. The summed E-state index contributed by atoms with van der Waals surface area (Å²) in [5.41, 5.74) is 2.79. The van der Waals surface area contributed by atoms with E-state index in [1.165, 1.54) is 12.3 Å². The quantitative estimate of drug-likeness (QED) is 0.683. The van der Waals surface area contributed by atoms with Crippen molar-refractivity contribution in [3.8, 4) is 5.88 Å². The topological polar surface area (TPSA) is 65.3 Å². The lowest BCUT2D eigenvalue weighted by molar-refractivity contribution is -0.612. The number of pyridine rings is 1. The predicted molar refractivity (Wildman–Crippen MR) is 75.4 cm³/mol. The van der Waals surface area contributed by atoms with Crippen molar-refractivity contribution in [1.82, 2.24) is 0 Å². The molecule has 0 spiro atoms. The van der Waals surface area contributed by atoms with Crippen molar-refractivity contribution in [2.75, 3.05) is 11.9 Å². The summed E-state index contributed by atoms with van der Waals surface area (Å²) in [6, 6.07) is 10.6. The molecular weight excluding hydrogens is 256 g/mol. The Bertz CT molecular complexity index is 626. The highest BCUT2D eigenvalue weighted by Crippen LogP contribution is 2.16. The monoisotopic (exact) mass is 272 g/mol. The molecule has 2 aromatic rings. The lowest BCUT2D eigenvalue weighted by Crippen LogP contribution is -2.30. The van der Waals surface area contributed by atoms with Gasteiger partial charge in [0.05, 0.1) is 6.07 Å². The Labute approximate surface area is 117 Å². The largest absolute Gasteiger partial charge is 0.616 e. The van der Waals surface area contributed by atoms with Crippen molar-refractivity contribution in [3.63, 3.8) is 0 Å². The van der Waals surface area contributed by atoms with Gasteiger partial charge in [0.2, 0.25) is 0 Å². The van der Waals surface area contributed by atoms with Crippen LogP contribution in [0.3, 0.4) is 0 Å². The molecule has 0 saturated carbocycles. The van der Waals surface area contributed by atoms with Crippen LogP contribution in [0, 0.1) is 19.1 Å². The fourth-order valence-electron chi connectivity index (χ4n) is 1.72. The van der Waals surface area contributed by atoms with E-state index in [9.17, 15) is 10.0 Å². The molecule has 1 heterocycles. The minimum absolute atomic E-state index is 0.101. The third-order valence-electron chi connectivity index (χ3n) is 2.81. The maximum Gasteiger partial charge on any atom is 0.379 e. The lowest BCUT2D eigenvalue weighted by atomic mass is 10.1. The number of anilines is 1. The van der Waals surface area contributed by atoms with E-state index in [1.807, 2.05) is 32.0 Å². The van der Waals surface area contributed by atoms with Gasteiger partial charge in [0, 0.05) is 11.8 Å². The Morgan fingerprint density at radius 2 is 2.10 bits per heavy atom. The van der Waals surface area contributed by atoms with Crippen LogP contribution in [0.1, 0.15) is 11.1 Å². The number of carbonyl (C=O) groups excluding carboxylic acids is 1. The normalized spacial score (nSPS) is 10.1. The third-order valence-corrected chi connectivity index (χ3v) is 2.81. The van der Waals surface area contributed by atoms with Gasteiger partial charge in [-0.2, -0.15) is 0 Å². The lowest BCUT2D eigenvalue weighted by Gasteiger charge is -2.10. The predicted octanol–water partition coefficient (Wildman–Crippen LogP) is 1.95. The van der Waals surface area contributed by atoms with Gasteiger partial charge in [0.1, 0.15) is 0 Å². The number of hydrogen-bond donors (Lipinski definition) is 1. The number of aryl methyl sites for hydroxylation is 2. The second kappa shape index (κ2) is 6.06. The van der Waals surface area contributed by atoms with Gasteiger partial charge in [-0.3, -0.25) is 4.79 Å². The molecule has 0 radical (unpaired) electrons. The molecule has 0 fully saturated rings. The van der Waals surface area contributed by atoms with Crippen LogP contribution in [-0.2, 0) is 4.79 Å². The van der Waals surface area contributed by atoms with Gasteiger partial charge in [-0.15, -0.1) is 4.73 Å². The Morgan fingerprint density at radius 1 is 1.30 bits per heavy atom. The van der Waals surface area contributed by atoms with E-state index in [0.29, 0.717) is 4.73 Å². The maximum atomic E-state index is 11.8. The van der Waals surface area contributed by atoms with Gasteiger partial charge >= 0.3 is 5.88 Å². The second-order valence-corrected chi connectivity index (χ2v) is 4.52. The van der Waals surface area contributed by atoms with Crippen molar-refractivity contribution in [3.05, 3.63) is 58.9 Å². The SMILES string of the molecule is Cc1ccc(C)c(NC(=O)COc2cccc[n+]2[O-])c1. The molecule has 0 aliphatic rings. The highest BCUT2D eigenvalue weighted by Gasteiger charge is 2.09. The summed E-state index contributed by atoms with van der Waals surface area (Å²) in [5, 5.41) is 14.1. The highest BCUT2D eigenvalue weighted by atomic mass is 16.6. The van der Waals surface area contributed by atoms with E-state index < -0.39 is 0 Å². The van der Waals surface area contributed by atoms with Gasteiger partial charge in [-0.25, -0.2) is 0 Å². The Hall–Kier alpha value is -2.56. The first-order valence-electron chi connectivity index (χ1n) is 6.24. The zero-order chi connectivity index (χ0) is 14.5. The summed E-state index contributed by atoms with van der Waals surface area (Å²) in [7, 11) is 0. The minimum atomic E-state index is -0.303. The van der Waals surface area contributed by atoms with Gasteiger partial charge in [0.25, 0.3) is 5.91 Å². The number of nitrogens with one attached hydrogen (secondary N) is 1. The third kappa shape index (κ3) is 3.47. The molecule has 2 rings (SSSR count). The highest BCUT2D eigenvalue weighted by molar-refractivity contribution is 5.92. The molecule has 5 heteroatoms. The van der Waals surface area contributed by atoms with Crippen molar-refractivity contribution >= 4 is 11.6 Å². The summed E-state index contributed by atoms with van der Waals surface area (Å²) in [4.78, 5) is 11.8. The number of hydrogen-bond acceptors (Lipinski definition) is 3. The van der Waals surface area contributed by atoms with E-state index in [-0.39, 0.29) is 18.4 Å². The van der Waals surface area contributed by atoms with E-state index in [0.717, 1.165) is 16.8 Å². The van der Waals surface area contributed by atoms with Crippen LogP contribution < -0.4 is 14.8 Å². The number of nitrogens with zero attached hydrogens (tertiary/aromatic N) is 1. The second-order valence-electron chi connectivity index (χ2n) is 4.52. The number of amides is 1. The molecule has 1 amide bonds. The van der Waals surface area contributed by atoms with E-state index in [4.69, 9.17) is 4.74 Å². The van der Waals surface area contributed by atoms with Crippen molar-refractivity contribution < 1.29 is 14.3 Å². The summed E-state index contributed by atoms with van der Waals surface area (Å²) < 4.78 is 5.75. The average Bonchev–Trinajstić information content (AvgIpc) is 2.42. The fourth-order valence-corrected chi connectivity index (χ4v) is 1.72. The fraction of sp³-hybridized carbons (Fsp3) is 0.200. The summed E-state index contributed by atoms with van der Waals surface area (Å²) in [6.07, 6.45) is 1.32. The molecule has 0 aliphatic carbocycles. The molecule has 0 aliphatic heterocycles. The Morgan fingerprint density at radius 3 is 2.85 bits per heavy atom. The molecule has 20 heavy (non-hydrogen) atoms. The molecule has 104 valence electrons. The number of aromatic nitrogens is 1. The first-order valence-corrected chi connectivity index (χ1v) is 6.24. The first-order chi connectivity index (χ1) is 9.56. The summed E-state index contributed by atoms with van der Waals surface area (Å²) in [6.45, 7) is 3.66. The standard InChI is InChI=1S/C15H16N2O3/c1-11-6-7-12(2)13(9-11)16-14(18)10-20-15-5-3-4-8-17(15)19/h3-9H,10H2,1-2H3,(H,16,18). The van der Waals surface area contributed by atoms with Crippen LogP contribution in [0.25, 0.3) is 0 Å². The molecule has 5 nitrogen and oxygen atoms in total. The zero-order valence-corrected chi connectivity index (χ0v) is 11.4. The summed E-state index contributed by atoms with van der Waals surface area (Å²) >= 11 is 0. The van der Waals surface area contributed by atoms with Crippen molar-refractivity contribution in [1.29, 1.82) is 0 Å². The van der Waals surface area contributed by atoms with Crippen LogP contribution >= 0.6 is 0 Å². The molecule has 1 aromatic heterocycles. The van der Waals surface area contributed by atoms with Gasteiger partial charge < -0.3 is 15.3 Å². The van der Waals surface area contributed by atoms with Gasteiger partial charge in [-0.05, 0) is 37.1 Å².